The minimum Gasteiger partial charge on any atom is -0.457 e. The standard InChI is InChI=1S/C15H19N3O5S/c1-3-4-23-15(22)11-9(6-17-5-8(17)12(16)20)24-14-10(7(2)19)13(21)18(11)14/h3,7-8,10,14,19H,1,4-6H2,2H3,(H2,16,20)/t7-,8+,10+,14-,17?/m1/s1. The number of thioether (sulfide) groups is 1. The number of fused-ring (bicyclic) bond motifs is 1. The van der Waals surface area contributed by atoms with Crippen molar-refractivity contribution in [1.29, 1.82) is 0 Å². The van der Waals surface area contributed by atoms with Crippen molar-refractivity contribution in [1.82, 2.24) is 9.80 Å². The molecule has 0 radical (unpaired) electrons. The topological polar surface area (TPSA) is 113 Å². The number of esters is 1. The number of hydrogen-bond donors (Lipinski definition) is 2. The highest BCUT2D eigenvalue weighted by atomic mass is 32.2. The second-order valence-corrected chi connectivity index (χ2v) is 7.20. The molecule has 0 bridgehead atoms. The van der Waals surface area contributed by atoms with Crippen LogP contribution < -0.4 is 5.73 Å². The van der Waals surface area contributed by atoms with Gasteiger partial charge in [0.1, 0.15) is 23.7 Å². The van der Waals surface area contributed by atoms with Crippen molar-refractivity contribution in [2.75, 3.05) is 19.7 Å². The maximum absolute atomic E-state index is 12.3. The molecule has 2 amide bonds. The molecule has 3 heterocycles. The Morgan fingerprint density at radius 1 is 1.58 bits per heavy atom. The molecule has 2 saturated heterocycles. The van der Waals surface area contributed by atoms with E-state index >= 15 is 0 Å². The van der Waals surface area contributed by atoms with Crippen LogP contribution in [-0.2, 0) is 19.1 Å². The number of amides is 2. The lowest BCUT2D eigenvalue weighted by molar-refractivity contribution is -0.157. The summed E-state index contributed by atoms with van der Waals surface area (Å²) in [7, 11) is 0. The Morgan fingerprint density at radius 3 is 2.83 bits per heavy atom. The zero-order valence-corrected chi connectivity index (χ0v) is 14.0. The van der Waals surface area contributed by atoms with Crippen LogP contribution >= 0.6 is 11.8 Å². The number of ether oxygens (including phenoxy) is 1. The van der Waals surface area contributed by atoms with E-state index in [0.29, 0.717) is 18.0 Å². The minimum atomic E-state index is -0.796. The summed E-state index contributed by atoms with van der Waals surface area (Å²) in [6, 6.07) is -0.333. The number of carbonyl (C=O) groups excluding carboxylic acids is 3. The van der Waals surface area contributed by atoms with Gasteiger partial charge in [-0.3, -0.25) is 19.4 Å². The van der Waals surface area contributed by atoms with E-state index in [0.717, 1.165) is 0 Å². The molecule has 0 saturated carbocycles. The van der Waals surface area contributed by atoms with E-state index in [2.05, 4.69) is 6.58 Å². The van der Waals surface area contributed by atoms with Crippen LogP contribution in [0.15, 0.2) is 23.3 Å². The van der Waals surface area contributed by atoms with Crippen molar-refractivity contribution in [3.8, 4) is 0 Å². The number of hydrogen-bond acceptors (Lipinski definition) is 7. The number of aliphatic hydroxyl groups is 1. The molecule has 130 valence electrons. The van der Waals surface area contributed by atoms with E-state index in [9.17, 15) is 19.5 Å². The predicted molar refractivity (Wildman–Crippen MR) is 86.1 cm³/mol. The van der Waals surface area contributed by atoms with Crippen LogP contribution in [0.4, 0.5) is 0 Å². The summed E-state index contributed by atoms with van der Waals surface area (Å²) in [5.74, 6) is -1.85. The van der Waals surface area contributed by atoms with Crippen molar-refractivity contribution in [2.24, 2.45) is 11.7 Å². The quantitative estimate of drug-likeness (QED) is 0.261. The van der Waals surface area contributed by atoms with Crippen LogP contribution in [0, 0.1) is 5.92 Å². The van der Waals surface area contributed by atoms with E-state index in [-0.39, 0.29) is 29.6 Å². The monoisotopic (exact) mass is 353 g/mol. The van der Waals surface area contributed by atoms with Gasteiger partial charge in [0.25, 0.3) is 0 Å². The van der Waals surface area contributed by atoms with E-state index in [1.165, 1.54) is 22.7 Å². The normalized spacial score (nSPS) is 32.1. The number of primary amides is 1. The first kappa shape index (κ1) is 17.0. The fourth-order valence-electron chi connectivity index (χ4n) is 2.96. The van der Waals surface area contributed by atoms with Gasteiger partial charge in [0.15, 0.2) is 0 Å². The third-order valence-electron chi connectivity index (χ3n) is 4.29. The maximum Gasteiger partial charge on any atom is 0.356 e. The average Bonchev–Trinajstić information content (AvgIpc) is 3.20. The van der Waals surface area contributed by atoms with Crippen LogP contribution in [0.5, 0.6) is 0 Å². The number of rotatable bonds is 7. The lowest BCUT2D eigenvalue weighted by Crippen LogP contribution is -2.60. The molecule has 3 aliphatic heterocycles. The highest BCUT2D eigenvalue weighted by Gasteiger charge is 2.58. The summed E-state index contributed by atoms with van der Waals surface area (Å²) in [4.78, 5) is 39.7. The molecule has 0 aromatic heterocycles. The summed E-state index contributed by atoms with van der Waals surface area (Å²) < 4.78 is 5.08. The lowest BCUT2D eigenvalue weighted by atomic mass is 9.92. The molecule has 9 heteroatoms. The molecular weight excluding hydrogens is 334 g/mol. The first-order valence-electron chi connectivity index (χ1n) is 7.59. The van der Waals surface area contributed by atoms with Gasteiger partial charge in [-0.25, -0.2) is 4.79 Å². The smallest absolute Gasteiger partial charge is 0.356 e. The second kappa shape index (κ2) is 6.23. The third-order valence-corrected chi connectivity index (χ3v) is 5.64. The molecule has 3 N–H and O–H groups in total. The largest absolute Gasteiger partial charge is 0.457 e. The lowest BCUT2D eigenvalue weighted by Gasteiger charge is -2.43. The highest BCUT2D eigenvalue weighted by Crippen LogP contribution is 2.51. The molecule has 3 rings (SSSR count). The number of carbonyl (C=O) groups is 3. The predicted octanol–water partition coefficient (Wildman–Crippen LogP) is -0.991. The van der Waals surface area contributed by atoms with E-state index in [1.54, 1.807) is 6.92 Å². The summed E-state index contributed by atoms with van der Waals surface area (Å²) in [5.41, 5.74) is 5.47. The molecule has 0 aliphatic carbocycles. The Balaban J connectivity index is 1.80. The minimum absolute atomic E-state index is 0.0421. The van der Waals surface area contributed by atoms with Crippen LogP contribution in [0.3, 0.4) is 0 Å². The van der Waals surface area contributed by atoms with E-state index < -0.39 is 23.9 Å². The average molecular weight is 353 g/mol. The fourth-order valence-corrected chi connectivity index (χ4v) is 4.59. The molecule has 0 aromatic carbocycles. The van der Waals surface area contributed by atoms with Crippen molar-refractivity contribution >= 4 is 29.5 Å². The Morgan fingerprint density at radius 2 is 2.29 bits per heavy atom. The SMILES string of the molecule is C=CCOC(=O)C1=C(CN2C[C@H]2C(N)=O)S[C@@H]2[C@@H]([C@@H](C)O)C(=O)N12. The number of aliphatic hydroxyl groups excluding tert-OH is 1. The van der Waals surface area contributed by atoms with Crippen molar-refractivity contribution in [2.45, 2.75) is 24.4 Å². The van der Waals surface area contributed by atoms with Crippen LogP contribution in [0.1, 0.15) is 6.92 Å². The number of nitrogens with two attached hydrogens (primary N) is 1. The molecule has 2 fully saturated rings. The van der Waals surface area contributed by atoms with Crippen LogP contribution in [0.25, 0.3) is 0 Å². The molecular formula is C15H19N3O5S. The molecule has 0 aromatic rings. The Labute approximate surface area is 143 Å². The van der Waals surface area contributed by atoms with Gasteiger partial charge in [0, 0.05) is 18.0 Å². The maximum atomic E-state index is 12.3. The number of nitrogens with zero attached hydrogens (tertiary/aromatic N) is 2. The Bertz CT molecular complexity index is 647. The van der Waals surface area contributed by atoms with Crippen molar-refractivity contribution in [3.05, 3.63) is 23.3 Å². The van der Waals surface area contributed by atoms with Crippen LogP contribution in [0.2, 0.25) is 0 Å². The van der Waals surface area contributed by atoms with Gasteiger partial charge in [-0.05, 0) is 6.92 Å². The third kappa shape index (κ3) is 2.72. The Kier molecular flexibility index (Phi) is 4.41. The van der Waals surface area contributed by atoms with Gasteiger partial charge in [0.05, 0.1) is 12.0 Å². The summed E-state index contributed by atoms with van der Waals surface area (Å²) >= 11 is 1.36. The molecule has 1 unspecified atom stereocenters. The van der Waals surface area contributed by atoms with E-state index in [1.807, 2.05) is 4.90 Å². The first-order valence-corrected chi connectivity index (χ1v) is 8.47. The summed E-state index contributed by atoms with van der Waals surface area (Å²) in [6.45, 7) is 5.98. The summed E-state index contributed by atoms with van der Waals surface area (Å²) in [6.07, 6.45) is 0.650. The molecule has 24 heavy (non-hydrogen) atoms. The van der Waals surface area contributed by atoms with E-state index in [4.69, 9.17) is 10.5 Å². The van der Waals surface area contributed by atoms with Gasteiger partial charge in [-0.1, -0.05) is 12.7 Å². The van der Waals surface area contributed by atoms with Gasteiger partial charge in [-0.2, -0.15) is 0 Å². The zero-order chi connectivity index (χ0) is 17.6. The van der Waals surface area contributed by atoms with Gasteiger partial charge in [0.2, 0.25) is 11.8 Å². The molecule has 8 nitrogen and oxygen atoms in total. The van der Waals surface area contributed by atoms with Crippen molar-refractivity contribution < 1.29 is 24.2 Å². The van der Waals surface area contributed by atoms with Gasteiger partial charge < -0.3 is 15.6 Å². The fraction of sp³-hybridized carbons (Fsp3) is 0.533. The van der Waals surface area contributed by atoms with Crippen molar-refractivity contribution in [3.63, 3.8) is 0 Å². The first-order chi connectivity index (χ1) is 11.4. The summed E-state index contributed by atoms with van der Waals surface area (Å²) in [5, 5.41) is 9.46. The van der Waals surface area contributed by atoms with Crippen LogP contribution in [-0.4, -0.2) is 69.9 Å². The second-order valence-electron chi connectivity index (χ2n) is 5.99. The Hall–Kier alpha value is -1.84. The molecule has 0 spiro atoms. The molecule has 5 atom stereocenters. The molecule has 3 aliphatic rings. The van der Waals surface area contributed by atoms with Gasteiger partial charge >= 0.3 is 5.97 Å². The zero-order valence-electron chi connectivity index (χ0n) is 13.2. The highest BCUT2D eigenvalue weighted by molar-refractivity contribution is 8.04. The number of β-lactam (4-membered cyclic amide) rings is 1. The van der Waals surface area contributed by atoms with Gasteiger partial charge in [-0.15, -0.1) is 11.8 Å².